The zero-order valence-electron chi connectivity index (χ0n) is 23.3. The number of sulfonamides is 1. The smallest absolute Gasteiger partial charge is 0.414 e. The first-order chi connectivity index (χ1) is 19.1. The molecule has 40 heavy (non-hydrogen) atoms. The molecule has 10 heteroatoms. The highest BCUT2D eigenvalue weighted by molar-refractivity contribution is 7.88. The van der Waals surface area contributed by atoms with Crippen molar-refractivity contribution >= 4 is 38.6 Å². The van der Waals surface area contributed by atoms with E-state index in [0.717, 1.165) is 46.3 Å². The van der Waals surface area contributed by atoms with E-state index in [1.165, 1.54) is 6.26 Å². The van der Waals surface area contributed by atoms with Crippen LogP contribution >= 0.6 is 0 Å². The average Bonchev–Trinajstić information content (AvgIpc) is 3.52. The van der Waals surface area contributed by atoms with Crippen LogP contribution in [0, 0.1) is 13.8 Å². The third-order valence-electron chi connectivity index (χ3n) is 8.94. The number of cyclic esters (lactones) is 1. The van der Waals surface area contributed by atoms with Gasteiger partial charge in [-0.2, -0.15) is 4.31 Å². The fourth-order valence-corrected chi connectivity index (χ4v) is 7.86. The Labute approximate surface area is 235 Å². The number of rotatable bonds is 5. The van der Waals surface area contributed by atoms with Crippen molar-refractivity contribution in [1.82, 2.24) is 13.8 Å². The van der Waals surface area contributed by atoms with E-state index in [4.69, 9.17) is 4.74 Å². The van der Waals surface area contributed by atoms with E-state index in [0.29, 0.717) is 51.2 Å². The lowest BCUT2D eigenvalue weighted by Crippen LogP contribution is -2.50. The highest BCUT2D eigenvalue weighted by atomic mass is 32.2. The van der Waals surface area contributed by atoms with Crippen molar-refractivity contribution in [2.24, 2.45) is 0 Å². The largest absolute Gasteiger partial charge is 0.444 e. The van der Waals surface area contributed by atoms with E-state index in [1.807, 2.05) is 47.4 Å². The summed E-state index contributed by atoms with van der Waals surface area (Å²) in [5.41, 5.74) is 5.77. The number of ether oxygens (including phenoxy) is 1. The predicted molar refractivity (Wildman–Crippen MR) is 154 cm³/mol. The molecule has 3 aliphatic heterocycles. The molecule has 0 unspecified atom stereocenters. The number of aromatic nitrogens is 1. The number of benzene rings is 2. The Morgan fingerprint density at radius 2 is 1.77 bits per heavy atom. The first-order valence-electron chi connectivity index (χ1n) is 14.0. The van der Waals surface area contributed by atoms with E-state index in [-0.39, 0.29) is 24.1 Å². The van der Waals surface area contributed by atoms with Crippen LogP contribution in [0.25, 0.3) is 10.9 Å². The Morgan fingerprint density at radius 3 is 2.52 bits per heavy atom. The SMILES string of the molecule is Cc1c(C)n(C[C@H]2CCCN2S(C)(=O)=O)c2ccc(C(=O)N3CCC(N4C(=O)OCc5ccccc54)CC3)cc12. The number of para-hydroxylation sites is 1. The normalized spacial score (nSPS) is 20.7. The monoisotopic (exact) mass is 564 g/mol. The van der Waals surface area contributed by atoms with E-state index >= 15 is 0 Å². The third kappa shape index (κ3) is 4.66. The molecule has 0 spiro atoms. The molecule has 0 N–H and O–H groups in total. The number of piperidine rings is 1. The molecule has 6 rings (SSSR count). The molecule has 2 saturated heterocycles. The second kappa shape index (κ2) is 10.2. The fraction of sp³-hybridized carbons (Fsp3) is 0.467. The number of fused-ring (bicyclic) bond motifs is 2. The lowest BCUT2D eigenvalue weighted by molar-refractivity contribution is 0.0708. The molecule has 0 bridgehead atoms. The van der Waals surface area contributed by atoms with Crippen LogP contribution in [0.15, 0.2) is 42.5 Å². The second-order valence-electron chi connectivity index (χ2n) is 11.3. The molecule has 212 valence electrons. The van der Waals surface area contributed by atoms with Crippen molar-refractivity contribution in [3.05, 3.63) is 64.8 Å². The summed E-state index contributed by atoms with van der Waals surface area (Å²) in [4.78, 5) is 29.8. The molecular formula is C30H36N4O5S. The van der Waals surface area contributed by atoms with Gasteiger partial charge in [-0.25, -0.2) is 13.2 Å². The number of amides is 2. The summed E-state index contributed by atoms with van der Waals surface area (Å²) in [6.45, 7) is 6.72. The second-order valence-corrected chi connectivity index (χ2v) is 13.2. The summed E-state index contributed by atoms with van der Waals surface area (Å²) in [5, 5.41) is 1.02. The van der Waals surface area contributed by atoms with Gasteiger partial charge in [0.05, 0.1) is 11.9 Å². The van der Waals surface area contributed by atoms with Crippen LogP contribution in [0.2, 0.25) is 0 Å². The van der Waals surface area contributed by atoms with E-state index in [2.05, 4.69) is 18.4 Å². The van der Waals surface area contributed by atoms with Crippen molar-refractivity contribution in [2.75, 3.05) is 30.8 Å². The number of carbonyl (C=O) groups excluding carboxylic acids is 2. The molecule has 4 heterocycles. The van der Waals surface area contributed by atoms with Gasteiger partial charge in [0.25, 0.3) is 5.91 Å². The van der Waals surface area contributed by atoms with Gasteiger partial charge < -0.3 is 14.2 Å². The molecule has 9 nitrogen and oxygen atoms in total. The molecular weight excluding hydrogens is 528 g/mol. The molecule has 1 atom stereocenters. The van der Waals surface area contributed by atoms with Crippen molar-refractivity contribution in [1.29, 1.82) is 0 Å². The lowest BCUT2D eigenvalue weighted by Gasteiger charge is -2.40. The first kappa shape index (κ1) is 26.8. The molecule has 0 radical (unpaired) electrons. The van der Waals surface area contributed by atoms with Crippen LogP contribution in [-0.2, 0) is 27.9 Å². The maximum absolute atomic E-state index is 13.6. The number of anilines is 1. The van der Waals surface area contributed by atoms with Crippen molar-refractivity contribution in [2.45, 2.75) is 64.8 Å². The van der Waals surface area contributed by atoms with Gasteiger partial charge in [0.1, 0.15) is 6.61 Å². The topological polar surface area (TPSA) is 92.2 Å². The summed E-state index contributed by atoms with van der Waals surface area (Å²) >= 11 is 0. The Kier molecular flexibility index (Phi) is 6.86. The Bertz CT molecular complexity index is 1590. The Hall–Kier alpha value is -3.37. The van der Waals surface area contributed by atoms with Gasteiger partial charge in [0.15, 0.2) is 0 Å². The number of likely N-dealkylation sites (tertiary alicyclic amines) is 1. The van der Waals surface area contributed by atoms with E-state index in [9.17, 15) is 18.0 Å². The van der Waals surface area contributed by atoms with Gasteiger partial charge in [0.2, 0.25) is 10.0 Å². The fourth-order valence-electron chi connectivity index (χ4n) is 6.69. The zero-order chi connectivity index (χ0) is 28.2. The van der Waals surface area contributed by atoms with Crippen LogP contribution < -0.4 is 4.90 Å². The van der Waals surface area contributed by atoms with Gasteiger partial charge in [0, 0.05) is 66.0 Å². The number of hydrogen-bond donors (Lipinski definition) is 0. The number of hydrogen-bond acceptors (Lipinski definition) is 5. The molecule has 3 aromatic rings. The molecule has 3 aliphatic rings. The van der Waals surface area contributed by atoms with Crippen LogP contribution in [-0.4, -0.2) is 72.2 Å². The standard InChI is InChI=1S/C30H36N4O5S/c1-20-21(2)32(18-25-8-6-14-33(25)40(3,37)38)28-11-10-22(17-26(20)28)29(35)31-15-12-24(13-16-31)34-27-9-5-4-7-23(27)19-39-30(34)36/h4-5,7,9-11,17,24-25H,6,8,12-16,18-19H2,1-3H3/t25-/m1/s1. The minimum absolute atomic E-state index is 0.00850. The molecule has 0 aliphatic carbocycles. The van der Waals surface area contributed by atoms with Gasteiger partial charge >= 0.3 is 6.09 Å². The quantitative estimate of drug-likeness (QED) is 0.457. The van der Waals surface area contributed by atoms with Crippen LogP contribution in [0.5, 0.6) is 0 Å². The maximum atomic E-state index is 13.6. The summed E-state index contributed by atoms with van der Waals surface area (Å²) in [5.74, 6) is -0.00850. The van der Waals surface area contributed by atoms with Crippen molar-refractivity contribution in [3.8, 4) is 0 Å². The summed E-state index contributed by atoms with van der Waals surface area (Å²) in [6.07, 6.45) is 4.05. The van der Waals surface area contributed by atoms with Gasteiger partial charge in [-0.3, -0.25) is 9.69 Å². The number of nitrogens with zero attached hydrogens (tertiary/aromatic N) is 4. The van der Waals surface area contributed by atoms with E-state index < -0.39 is 10.0 Å². The molecule has 2 aromatic carbocycles. The van der Waals surface area contributed by atoms with Crippen molar-refractivity contribution in [3.63, 3.8) is 0 Å². The highest BCUT2D eigenvalue weighted by Gasteiger charge is 2.36. The minimum Gasteiger partial charge on any atom is -0.444 e. The molecule has 0 saturated carbocycles. The third-order valence-corrected chi connectivity index (χ3v) is 10.3. The lowest BCUT2D eigenvalue weighted by atomic mass is 9.99. The first-order valence-corrected chi connectivity index (χ1v) is 15.9. The molecule has 1 aromatic heterocycles. The number of carbonyl (C=O) groups is 2. The van der Waals surface area contributed by atoms with Gasteiger partial charge in [-0.05, 0) is 69.4 Å². The maximum Gasteiger partial charge on any atom is 0.414 e. The minimum atomic E-state index is -3.25. The van der Waals surface area contributed by atoms with Crippen molar-refractivity contribution < 1.29 is 22.7 Å². The van der Waals surface area contributed by atoms with Gasteiger partial charge in [-0.1, -0.05) is 18.2 Å². The zero-order valence-corrected chi connectivity index (χ0v) is 24.1. The predicted octanol–water partition coefficient (Wildman–Crippen LogP) is 4.44. The van der Waals surface area contributed by atoms with Crippen LogP contribution in [0.3, 0.4) is 0 Å². The number of aryl methyl sites for hydroxylation is 1. The average molecular weight is 565 g/mol. The molecule has 2 amide bonds. The highest BCUT2D eigenvalue weighted by Crippen LogP contribution is 2.33. The Balaban J connectivity index is 1.18. The summed E-state index contributed by atoms with van der Waals surface area (Å²) in [7, 11) is -3.25. The van der Waals surface area contributed by atoms with Crippen LogP contribution in [0.1, 0.15) is 52.9 Å². The van der Waals surface area contributed by atoms with Crippen LogP contribution in [0.4, 0.5) is 10.5 Å². The van der Waals surface area contributed by atoms with Gasteiger partial charge in [-0.15, -0.1) is 0 Å². The van der Waals surface area contributed by atoms with E-state index in [1.54, 1.807) is 9.21 Å². The summed E-state index contributed by atoms with van der Waals surface area (Å²) < 4.78 is 33.8. The molecule has 2 fully saturated rings. The summed E-state index contributed by atoms with van der Waals surface area (Å²) in [6, 6.07) is 13.6. The Morgan fingerprint density at radius 1 is 1.02 bits per heavy atom.